The SMILES string of the molecule is CC(C)(C)c1ccccc1-c1ccc2c(c1)cc1c3c(cccc32)C(=O)C1=O. The molecule has 2 heteroatoms. The number of hydrogen-bond donors (Lipinski definition) is 0. The lowest BCUT2D eigenvalue weighted by molar-refractivity contribution is 0.0825. The Morgan fingerprint density at radius 3 is 2.14 bits per heavy atom. The van der Waals surface area contributed by atoms with E-state index in [1.807, 2.05) is 18.2 Å². The predicted octanol–water partition coefficient (Wildman–Crippen LogP) is 6.34. The van der Waals surface area contributed by atoms with Gasteiger partial charge in [0.25, 0.3) is 0 Å². The van der Waals surface area contributed by atoms with Gasteiger partial charge >= 0.3 is 0 Å². The first-order valence-corrected chi connectivity index (χ1v) is 9.54. The molecule has 5 rings (SSSR count). The molecule has 0 saturated heterocycles. The summed E-state index contributed by atoms with van der Waals surface area (Å²) < 4.78 is 0. The second-order valence-corrected chi connectivity index (χ2v) is 8.54. The molecule has 136 valence electrons. The normalized spacial score (nSPS) is 13.7. The van der Waals surface area contributed by atoms with Crippen molar-refractivity contribution in [3.8, 4) is 11.1 Å². The Kier molecular flexibility index (Phi) is 3.39. The van der Waals surface area contributed by atoms with Gasteiger partial charge in [-0.2, -0.15) is 0 Å². The van der Waals surface area contributed by atoms with Crippen LogP contribution in [-0.2, 0) is 5.41 Å². The maximum absolute atomic E-state index is 12.5. The van der Waals surface area contributed by atoms with Crippen LogP contribution in [0, 0.1) is 0 Å². The standard InChI is InChI=1S/C26H20O2/c1-26(2,3)22-10-5-4-7-18(22)15-11-12-17-16(13-15)14-21-23-19(17)8-6-9-20(23)24(27)25(21)28/h4-14H,1-3H3. The number of carbonyl (C=O) groups is 2. The van der Waals surface area contributed by atoms with Crippen LogP contribution in [0.25, 0.3) is 32.7 Å². The van der Waals surface area contributed by atoms with Crippen LogP contribution >= 0.6 is 0 Å². The fourth-order valence-corrected chi connectivity index (χ4v) is 4.39. The molecule has 28 heavy (non-hydrogen) atoms. The molecule has 1 aliphatic carbocycles. The van der Waals surface area contributed by atoms with E-state index in [4.69, 9.17) is 0 Å². The highest BCUT2D eigenvalue weighted by molar-refractivity contribution is 6.58. The Balaban J connectivity index is 1.82. The molecule has 0 N–H and O–H groups in total. The summed E-state index contributed by atoms with van der Waals surface area (Å²) in [7, 11) is 0. The molecule has 0 heterocycles. The number of ketones is 2. The van der Waals surface area contributed by atoms with E-state index >= 15 is 0 Å². The summed E-state index contributed by atoms with van der Waals surface area (Å²) in [5, 5.41) is 3.83. The summed E-state index contributed by atoms with van der Waals surface area (Å²) in [5.74, 6) is -0.789. The van der Waals surface area contributed by atoms with Crippen LogP contribution in [0.4, 0.5) is 0 Å². The van der Waals surface area contributed by atoms with E-state index < -0.39 is 11.6 Å². The molecule has 0 spiro atoms. The van der Waals surface area contributed by atoms with E-state index in [-0.39, 0.29) is 5.41 Å². The third kappa shape index (κ3) is 2.27. The van der Waals surface area contributed by atoms with Crippen molar-refractivity contribution >= 4 is 33.1 Å². The lowest BCUT2D eigenvalue weighted by atomic mass is 9.81. The minimum absolute atomic E-state index is 0.0281. The number of carbonyl (C=O) groups excluding carboxylic acids is 2. The van der Waals surface area contributed by atoms with E-state index in [0.29, 0.717) is 11.1 Å². The predicted molar refractivity (Wildman–Crippen MR) is 114 cm³/mol. The van der Waals surface area contributed by atoms with Gasteiger partial charge in [-0.3, -0.25) is 9.59 Å². The van der Waals surface area contributed by atoms with Crippen molar-refractivity contribution in [3.05, 3.63) is 83.4 Å². The van der Waals surface area contributed by atoms with Crippen molar-refractivity contribution < 1.29 is 9.59 Å². The van der Waals surface area contributed by atoms with Crippen molar-refractivity contribution in [3.63, 3.8) is 0 Å². The summed E-state index contributed by atoms with van der Waals surface area (Å²) >= 11 is 0. The third-order valence-electron chi connectivity index (χ3n) is 5.72. The highest BCUT2D eigenvalue weighted by Gasteiger charge is 2.31. The van der Waals surface area contributed by atoms with Crippen LogP contribution in [0.5, 0.6) is 0 Å². The molecule has 4 aromatic rings. The Bertz CT molecular complexity index is 1320. The largest absolute Gasteiger partial charge is 0.285 e. The van der Waals surface area contributed by atoms with Gasteiger partial charge in [0.2, 0.25) is 11.6 Å². The van der Waals surface area contributed by atoms with Crippen molar-refractivity contribution in [2.45, 2.75) is 26.2 Å². The molecule has 0 unspecified atom stereocenters. The van der Waals surface area contributed by atoms with Crippen LogP contribution in [0.15, 0.2) is 66.7 Å². The molecule has 0 saturated carbocycles. The van der Waals surface area contributed by atoms with Gasteiger partial charge in [-0.1, -0.05) is 75.4 Å². The van der Waals surface area contributed by atoms with Gasteiger partial charge in [0, 0.05) is 16.5 Å². The van der Waals surface area contributed by atoms with Crippen LogP contribution in [0.2, 0.25) is 0 Å². The molecule has 1 aliphatic rings. The lowest BCUT2D eigenvalue weighted by Gasteiger charge is -2.23. The molecular weight excluding hydrogens is 344 g/mol. The first-order valence-electron chi connectivity index (χ1n) is 9.54. The van der Waals surface area contributed by atoms with Crippen LogP contribution in [-0.4, -0.2) is 11.6 Å². The van der Waals surface area contributed by atoms with Gasteiger partial charge in [-0.05, 0) is 50.4 Å². The molecule has 0 atom stereocenters. The third-order valence-corrected chi connectivity index (χ3v) is 5.72. The average Bonchev–Trinajstić information content (AvgIpc) is 2.93. The number of benzene rings is 4. The lowest BCUT2D eigenvalue weighted by Crippen LogP contribution is -2.12. The monoisotopic (exact) mass is 364 g/mol. The summed E-state index contributed by atoms with van der Waals surface area (Å²) in [4.78, 5) is 24.9. The molecular formula is C26H20O2. The smallest absolute Gasteiger partial charge is 0.234 e. The Hall–Kier alpha value is -3.26. The first kappa shape index (κ1) is 16.9. The Labute approximate surface area is 163 Å². The molecule has 0 aromatic heterocycles. The van der Waals surface area contributed by atoms with Crippen LogP contribution in [0.1, 0.15) is 47.1 Å². The molecule has 2 nitrogen and oxygen atoms in total. The fourth-order valence-electron chi connectivity index (χ4n) is 4.39. The topological polar surface area (TPSA) is 34.1 Å². The van der Waals surface area contributed by atoms with Gasteiger partial charge < -0.3 is 0 Å². The molecule has 0 aliphatic heterocycles. The van der Waals surface area contributed by atoms with E-state index in [0.717, 1.165) is 27.1 Å². The minimum atomic E-state index is -0.395. The van der Waals surface area contributed by atoms with Crippen molar-refractivity contribution in [1.82, 2.24) is 0 Å². The Morgan fingerprint density at radius 2 is 1.36 bits per heavy atom. The quantitative estimate of drug-likeness (QED) is 0.292. The summed E-state index contributed by atoms with van der Waals surface area (Å²) in [6.45, 7) is 6.65. The van der Waals surface area contributed by atoms with Gasteiger partial charge in [0.15, 0.2) is 0 Å². The fraction of sp³-hybridized carbons (Fsp3) is 0.154. The summed E-state index contributed by atoms with van der Waals surface area (Å²) in [5.41, 5.74) is 4.70. The molecule has 0 radical (unpaired) electrons. The summed E-state index contributed by atoms with van der Waals surface area (Å²) in [6.07, 6.45) is 0. The van der Waals surface area contributed by atoms with E-state index in [1.165, 1.54) is 11.1 Å². The maximum Gasteiger partial charge on any atom is 0.234 e. The van der Waals surface area contributed by atoms with Gasteiger partial charge in [-0.25, -0.2) is 0 Å². The summed E-state index contributed by atoms with van der Waals surface area (Å²) in [6, 6.07) is 22.3. The molecule has 4 aromatic carbocycles. The zero-order valence-corrected chi connectivity index (χ0v) is 16.2. The van der Waals surface area contributed by atoms with Crippen LogP contribution < -0.4 is 0 Å². The number of rotatable bonds is 1. The van der Waals surface area contributed by atoms with Gasteiger partial charge in [0.1, 0.15) is 0 Å². The minimum Gasteiger partial charge on any atom is -0.285 e. The first-order chi connectivity index (χ1) is 13.4. The van der Waals surface area contributed by atoms with Gasteiger partial charge in [0.05, 0.1) is 0 Å². The molecule has 0 bridgehead atoms. The molecule has 0 amide bonds. The second-order valence-electron chi connectivity index (χ2n) is 8.54. The van der Waals surface area contributed by atoms with E-state index in [2.05, 4.69) is 63.2 Å². The van der Waals surface area contributed by atoms with Crippen molar-refractivity contribution in [1.29, 1.82) is 0 Å². The zero-order valence-electron chi connectivity index (χ0n) is 16.2. The zero-order chi connectivity index (χ0) is 19.6. The highest BCUT2D eigenvalue weighted by Crippen LogP contribution is 2.39. The highest BCUT2D eigenvalue weighted by atomic mass is 16.2. The molecule has 0 fully saturated rings. The van der Waals surface area contributed by atoms with E-state index in [1.54, 1.807) is 6.07 Å². The maximum atomic E-state index is 12.5. The second kappa shape index (κ2) is 5.62. The number of Topliss-reactive ketones (excluding diaryl/α,β-unsaturated/α-hetero) is 2. The van der Waals surface area contributed by atoms with Crippen LogP contribution in [0.3, 0.4) is 0 Å². The Morgan fingerprint density at radius 1 is 0.643 bits per heavy atom. The van der Waals surface area contributed by atoms with Crippen molar-refractivity contribution in [2.24, 2.45) is 0 Å². The van der Waals surface area contributed by atoms with Gasteiger partial charge in [-0.15, -0.1) is 0 Å². The average molecular weight is 364 g/mol. The number of fused-ring (bicyclic) bond motifs is 2. The number of hydrogen-bond acceptors (Lipinski definition) is 2. The van der Waals surface area contributed by atoms with Crippen molar-refractivity contribution in [2.75, 3.05) is 0 Å². The van der Waals surface area contributed by atoms with E-state index in [9.17, 15) is 9.59 Å².